The molecular formula is C8H11N7. The highest BCUT2D eigenvalue weighted by Crippen LogP contribution is 2.15. The van der Waals surface area contributed by atoms with Gasteiger partial charge >= 0.3 is 0 Å². The molecule has 2 aromatic heterocycles. The van der Waals surface area contributed by atoms with Crippen molar-refractivity contribution in [1.82, 2.24) is 35.8 Å². The fourth-order valence-corrected chi connectivity index (χ4v) is 1.30. The van der Waals surface area contributed by atoms with Gasteiger partial charge in [0.25, 0.3) is 0 Å². The first-order chi connectivity index (χ1) is 7.18. The van der Waals surface area contributed by atoms with Crippen molar-refractivity contribution in [2.24, 2.45) is 0 Å². The normalized spacial score (nSPS) is 10.9. The van der Waals surface area contributed by atoms with Crippen LogP contribution in [0.15, 0.2) is 0 Å². The largest absolute Gasteiger partial charge is 0.243 e. The molecule has 0 unspecified atom stereocenters. The molecule has 0 radical (unpaired) electrons. The summed E-state index contributed by atoms with van der Waals surface area (Å²) in [5, 5.41) is 21.4. The number of aromatic nitrogens is 7. The van der Waals surface area contributed by atoms with Gasteiger partial charge in [-0.15, -0.1) is 15.3 Å². The zero-order chi connectivity index (χ0) is 10.8. The van der Waals surface area contributed by atoms with E-state index in [0.717, 1.165) is 11.4 Å². The van der Waals surface area contributed by atoms with Crippen molar-refractivity contribution in [3.05, 3.63) is 11.4 Å². The van der Waals surface area contributed by atoms with Gasteiger partial charge < -0.3 is 0 Å². The van der Waals surface area contributed by atoms with Crippen molar-refractivity contribution in [3.8, 4) is 11.6 Å². The predicted octanol–water partition coefficient (Wildman–Crippen LogP) is 0.484. The minimum Gasteiger partial charge on any atom is -0.227 e. The van der Waals surface area contributed by atoms with E-state index in [0.29, 0.717) is 17.6 Å². The predicted molar refractivity (Wildman–Crippen MR) is 51.8 cm³/mol. The first-order valence-electron chi connectivity index (χ1n) is 4.63. The molecule has 78 valence electrons. The topological polar surface area (TPSA) is 93.1 Å². The molecule has 0 aliphatic heterocycles. The maximum Gasteiger partial charge on any atom is 0.243 e. The zero-order valence-electron chi connectivity index (χ0n) is 8.76. The Morgan fingerprint density at radius 2 is 1.87 bits per heavy atom. The molecule has 0 aliphatic rings. The molecule has 2 rings (SSSR count). The number of hydrogen-bond donors (Lipinski definition) is 1. The first kappa shape index (κ1) is 9.63. The van der Waals surface area contributed by atoms with Crippen LogP contribution in [0.4, 0.5) is 0 Å². The average Bonchev–Trinajstić information content (AvgIpc) is 2.69. The Balaban J connectivity index is 2.42. The van der Waals surface area contributed by atoms with Crippen LogP contribution in [0.3, 0.4) is 0 Å². The third kappa shape index (κ3) is 1.80. The second-order valence-electron chi connectivity index (χ2n) is 3.50. The van der Waals surface area contributed by atoms with Crippen molar-refractivity contribution in [2.75, 3.05) is 0 Å². The smallest absolute Gasteiger partial charge is 0.227 e. The van der Waals surface area contributed by atoms with Gasteiger partial charge in [0.05, 0.1) is 11.4 Å². The number of hydrogen-bond acceptors (Lipinski definition) is 6. The lowest BCUT2D eigenvalue weighted by molar-refractivity contribution is 0.751. The molecule has 0 fully saturated rings. The van der Waals surface area contributed by atoms with E-state index < -0.39 is 0 Å². The lowest BCUT2D eigenvalue weighted by Crippen LogP contribution is -2.04. The van der Waals surface area contributed by atoms with E-state index in [4.69, 9.17) is 0 Å². The SMILES string of the molecule is Cc1nc(-c2nn[nH]n2)nnc1C(C)C. The molecule has 0 saturated carbocycles. The summed E-state index contributed by atoms with van der Waals surface area (Å²) in [6.07, 6.45) is 0. The molecule has 0 amide bonds. The highest BCUT2D eigenvalue weighted by atomic mass is 15.5. The Hall–Kier alpha value is -1.92. The molecule has 2 aromatic rings. The molecule has 0 saturated heterocycles. The number of nitrogens with one attached hydrogen (secondary N) is 1. The van der Waals surface area contributed by atoms with Gasteiger partial charge in [-0.25, -0.2) is 4.98 Å². The molecule has 2 heterocycles. The van der Waals surface area contributed by atoms with Crippen molar-refractivity contribution in [2.45, 2.75) is 26.7 Å². The van der Waals surface area contributed by atoms with Crippen LogP contribution in [-0.4, -0.2) is 35.8 Å². The average molecular weight is 205 g/mol. The fraction of sp³-hybridized carbons (Fsp3) is 0.500. The minimum absolute atomic E-state index is 0.310. The van der Waals surface area contributed by atoms with Gasteiger partial charge in [0, 0.05) is 0 Å². The van der Waals surface area contributed by atoms with Crippen LogP contribution in [-0.2, 0) is 0 Å². The van der Waals surface area contributed by atoms with E-state index in [1.165, 1.54) is 0 Å². The summed E-state index contributed by atoms with van der Waals surface area (Å²) in [5.41, 5.74) is 1.74. The number of nitrogens with zero attached hydrogens (tertiary/aromatic N) is 6. The monoisotopic (exact) mass is 205 g/mol. The summed E-state index contributed by atoms with van der Waals surface area (Å²) < 4.78 is 0. The maximum absolute atomic E-state index is 4.28. The van der Waals surface area contributed by atoms with Crippen molar-refractivity contribution < 1.29 is 0 Å². The fourth-order valence-electron chi connectivity index (χ4n) is 1.30. The molecule has 0 aromatic carbocycles. The van der Waals surface area contributed by atoms with E-state index in [1.807, 2.05) is 20.8 Å². The van der Waals surface area contributed by atoms with Crippen molar-refractivity contribution >= 4 is 0 Å². The minimum atomic E-state index is 0.310. The van der Waals surface area contributed by atoms with Crippen molar-refractivity contribution in [1.29, 1.82) is 0 Å². The van der Waals surface area contributed by atoms with Gasteiger partial charge in [0.2, 0.25) is 11.6 Å². The summed E-state index contributed by atoms with van der Waals surface area (Å²) in [6.45, 7) is 5.99. The third-order valence-electron chi connectivity index (χ3n) is 1.99. The Morgan fingerprint density at radius 3 is 2.40 bits per heavy atom. The van der Waals surface area contributed by atoms with Crippen LogP contribution in [0.25, 0.3) is 11.6 Å². The lowest BCUT2D eigenvalue weighted by Gasteiger charge is -2.05. The summed E-state index contributed by atoms with van der Waals surface area (Å²) in [6, 6.07) is 0. The zero-order valence-corrected chi connectivity index (χ0v) is 8.76. The molecule has 7 nitrogen and oxygen atoms in total. The van der Waals surface area contributed by atoms with Gasteiger partial charge in [0.1, 0.15) is 0 Å². The van der Waals surface area contributed by atoms with Gasteiger partial charge in [-0.1, -0.05) is 13.8 Å². The summed E-state index contributed by atoms with van der Waals surface area (Å²) in [7, 11) is 0. The standard InChI is InChI=1S/C8H11N7/c1-4(2)6-5(3)9-7(11-10-6)8-12-14-15-13-8/h4H,1-3H3,(H,12,13,14,15). The Kier molecular flexibility index (Phi) is 2.36. The Bertz CT molecular complexity index is 448. The van der Waals surface area contributed by atoms with Crippen LogP contribution in [0, 0.1) is 6.92 Å². The molecule has 0 atom stereocenters. The first-order valence-corrected chi connectivity index (χ1v) is 4.63. The number of tetrazole rings is 1. The summed E-state index contributed by atoms with van der Waals surface area (Å²) in [5.74, 6) is 1.07. The molecule has 15 heavy (non-hydrogen) atoms. The quantitative estimate of drug-likeness (QED) is 0.766. The Labute approximate surface area is 86.3 Å². The highest BCUT2D eigenvalue weighted by Gasteiger charge is 2.12. The number of H-pyrrole nitrogens is 1. The van der Waals surface area contributed by atoms with E-state index in [9.17, 15) is 0 Å². The van der Waals surface area contributed by atoms with Crippen LogP contribution < -0.4 is 0 Å². The Morgan fingerprint density at radius 1 is 1.07 bits per heavy atom. The molecular weight excluding hydrogens is 194 g/mol. The van der Waals surface area contributed by atoms with Crippen LogP contribution >= 0.6 is 0 Å². The second kappa shape index (κ2) is 3.68. The van der Waals surface area contributed by atoms with Gasteiger partial charge in [-0.05, 0) is 18.1 Å². The summed E-state index contributed by atoms with van der Waals surface area (Å²) in [4.78, 5) is 4.28. The van der Waals surface area contributed by atoms with Crippen LogP contribution in [0.1, 0.15) is 31.2 Å². The third-order valence-corrected chi connectivity index (χ3v) is 1.99. The van der Waals surface area contributed by atoms with Gasteiger partial charge in [-0.3, -0.25) is 0 Å². The summed E-state index contributed by atoms with van der Waals surface area (Å²) >= 11 is 0. The molecule has 7 heteroatoms. The maximum atomic E-state index is 4.28. The number of aromatic amines is 1. The van der Waals surface area contributed by atoms with Gasteiger partial charge in [-0.2, -0.15) is 10.3 Å². The number of aryl methyl sites for hydroxylation is 1. The van der Waals surface area contributed by atoms with Crippen molar-refractivity contribution in [3.63, 3.8) is 0 Å². The van der Waals surface area contributed by atoms with E-state index in [-0.39, 0.29) is 0 Å². The highest BCUT2D eigenvalue weighted by molar-refractivity contribution is 5.40. The molecule has 0 spiro atoms. The van der Waals surface area contributed by atoms with Crippen LogP contribution in [0.5, 0.6) is 0 Å². The van der Waals surface area contributed by atoms with E-state index >= 15 is 0 Å². The lowest BCUT2D eigenvalue weighted by atomic mass is 10.1. The molecule has 0 aliphatic carbocycles. The molecule has 1 N–H and O–H groups in total. The van der Waals surface area contributed by atoms with E-state index in [2.05, 4.69) is 35.8 Å². The molecule has 0 bridgehead atoms. The van der Waals surface area contributed by atoms with Crippen LogP contribution in [0.2, 0.25) is 0 Å². The van der Waals surface area contributed by atoms with Gasteiger partial charge in [0.15, 0.2) is 0 Å². The van der Waals surface area contributed by atoms with E-state index in [1.54, 1.807) is 0 Å². The number of rotatable bonds is 2. The second-order valence-corrected chi connectivity index (χ2v) is 3.50.